The first-order chi connectivity index (χ1) is 13.4. The van der Waals surface area contributed by atoms with Crippen molar-refractivity contribution < 1.29 is 27.0 Å². The van der Waals surface area contributed by atoms with Crippen LogP contribution in [0.15, 0.2) is 36.2 Å². The second-order valence-corrected chi connectivity index (χ2v) is 7.91. The lowest BCUT2D eigenvalue weighted by atomic mass is 9.80. The van der Waals surface area contributed by atoms with E-state index in [1.165, 1.54) is 11.1 Å². The van der Waals surface area contributed by atoms with Gasteiger partial charge in [-0.1, -0.05) is 37.6 Å². The molecule has 1 aromatic carbocycles. The topological polar surface area (TPSA) is 18.5 Å². The smallest absolute Gasteiger partial charge is 0.352 e. The molecule has 1 aliphatic carbocycles. The van der Waals surface area contributed by atoms with E-state index in [2.05, 4.69) is 31.2 Å². The van der Waals surface area contributed by atoms with E-state index in [4.69, 9.17) is 9.47 Å². The second kappa shape index (κ2) is 9.40. The fraction of sp³-hybridized carbons (Fsp3) is 0.636. The third kappa shape index (κ3) is 5.80. The van der Waals surface area contributed by atoms with Crippen LogP contribution in [-0.2, 0) is 15.9 Å². The van der Waals surface area contributed by atoms with Gasteiger partial charge in [0.05, 0.1) is 19.3 Å². The molecule has 0 aromatic heterocycles. The van der Waals surface area contributed by atoms with Crippen molar-refractivity contribution in [2.75, 3.05) is 13.2 Å². The van der Waals surface area contributed by atoms with Gasteiger partial charge in [-0.25, -0.2) is 4.39 Å². The van der Waals surface area contributed by atoms with Crippen molar-refractivity contribution in [1.82, 2.24) is 0 Å². The molecule has 0 unspecified atom stereocenters. The fourth-order valence-corrected chi connectivity index (χ4v) is 4.17. The number of rotatable bonds is 5. The monoisotopic (exact) mass is 400 g/mol. The van der Waals surface area contributed by atoms with Crippen molar-refractivity contribution in [2.45, 2.75) is 63.8 Å². The minimum absolute atomic E-state index is 0.114. The molecule has 2 aliphatic rings. The molecule has 0 N–H and O–H groups in total. The maximum absolute atomic E-state index is 13.7. The van der Waals surface area contributed by atoms with Crippen LogP contribution in [0, 0.1) is 11.8 Å². The van der Waals surface area contributed by atoms with E-state index in [0.717, 1.165) is 12.8 Å². The minimum atomic E-state index is -4.60. The maximum atomic E-state index is 13.7. The Bertz CT molecular complexity index is 637. The summed E-state index contributed by atoms with van der Waals surface area (Å²) in [7, 11) is 0. The zero-order valence-corrected chi connectivity index (χ0v) is 16.2. The van der Waals surface area contributed by atoms with E-state index in [-0.39, 0.29) is 24.2 Å². The summed E-state index contributed by atoms with van der Waals surface area (Å²) in [5.41, 5.74) is 2.52. The number of benzene rings is 1. The van der Waals surface area contributed by atoms with Gasteiger partial charge < -0.3 is 9.47 Å². The van der Waals surface area contributed by atoms with Crippen LogP contribution in [0.2, 0.25) is 0 Å². The van der Waals surface area contributed by atoms with Crippen molar-refractivity contribution in [1.29, 1.82) is 0 Å². The molecule has 1 aromatic rings. The summed E-state index contributed by atoms with van der Waals surface area (Å²) in [5.74, 6) is -1.39. The largest absolute Gasteiger partial charge is 0.412 e. The van der Waals surface area contributed by atoms with Gasteiger partial charge >= 0.3 is 6.18 Å². The highest BCUT2D eigenvalue weighted by molar-refractivity contribution is 5.26. The van der Waals surface area contributed by atoms with E-state index in [1.807, 2.05) is 0 Å². The Balaban J connectivity index is 1.46. The molecule has 0 atom stereocenters. The summed E-state index contributed by atoms with van der Waals surface area (Å²) >= 11 is 0. The predicted molar refractivity (Wildman–Crippen MR) is 99.6 cm³/mol. The molecule has 156 valence electrons. The van der Waals surface area contributed by atoms with Crippen molar-refractivity contribution >= 4 is 0 Å². The van der Waals surface area contributed by atoms with Crippen LogP contribution >= 0.6 is 0 Å². The first-order valence-electron chi connectivity index (χ1n) is 10.1. The number of aryl methyl sites for hydroxylation is 1. The lowest BCUT2D eigenvalue weighted by Gasteiger charge is -2.37. The fourth-order valence-electron chi connectivity index (χ4n) is 4.17. The lowest BCUT2D eigenvalue weighted by Crippen LogP contribution is -2.37. The Morgan fingerprint density at radius 2 is 1.64 bits per heavy atom. The van der Waals surface area contributed by atoms with Gasteiger partial charge in [0.15, 0.2) is 6.29 Å². The molecule has 2 fully saturated rings. The lowest BCUT2D eigenvalue weighted by molar-refractivity contribution is -0.217. The zero-order chi connectivity index (χ0) is 20.1. The molecule has 1 aliphatic heterocycles. The molecule has 6 heteroatoms. The summed E-state index contributed by atoms with van der Waals surface area (Å²) in [5, 5.41) is 0. The summed E-state index contributed by atoms with van der Waals surface area (Å²) < 4.78 is 62.5. The summed E-state index contributed by atoms with van der Waals surface area (Å²) in [4.78, 5) is 0. The van der Waals surface area contributed by atoms with Crippen LogP contribution in [0.3, 0.4) is 0 Å². The minimum Gasteiger partial charge on any atom is -0.352 e. The van der Waals surface area contributed by atoms with E-state index < -0.39 is 17.9 Å². The molecule has 1 saturated heterocycles. The standard InChI is InChI=1S/C22H28F4O2/c1-2-3-15-4-6-16(7-5-15)19-13-27-21(28-14-19)18-10-8-17(9-11-18)20(23)12-22(24,25)26/h4-7,12,17-19,21H,2-3,8-11,13-14H2,1H3/b20-12-. The highest BCUT2D eigenvalue weighted by atomic mass is 19.4. The van der Waals surface area contributed by atoms with Gasteiger partial charge in [-0.05, 0) is 43.2 Å². The Morgan fingerprint density at radius 3 is 2.18 bits per heavy atom. The first-order valence-corrected chi connectivity index (χ1v) is 10.1. The average Bonchev–Trinajstić information content (AvgIpc) is 2.68. The number of ether oxygens (including phenoxy) is 2. The van der Waals surface area contributed by atoms with Crippen molar-refractivity contribution in [3.63, 3.8) is 0 Å². The van der Waals surface area contributed by atoms with Crippen LogP contribution in [-0.4, -0.2) is 25.7 Å². The van der Waals surface area contributed by atoms with Gasteiger partial charge in [-0.3, -0.25) is 0 Å². The second-order valence-electron chi connectivity index (χ2n) is 7.91. The molecule has 3 rings (SSSR count). The van der Waals surface area contributed by atoms with E-state index in [1.54, 1.807) is 0 Å². The third-order valence-electron chi connectivity index (χ3n) is 5.76. The quantitative estimate of drug-likeness (QED) is 0.539. The number of hydrogen-bond donors (Lipinski definition) is 0. The third-order valence-corrected chi connectivity index (χ3v) is 5.76. The number of allylic oxidation sites excluding steroid dienone is 2. The molecule has 0 amide bonds. The number of halogens is 4. The van der Waals surface area contributed by atoms with Gasteiger partial charge in [0.25, 0.3) is 0 Å². The van der Waals surface area contributed by atoms with Crippen molar-refractivity contribution in [2.24, 2.45) is 11.8 Å². The maximum Gasteiger partial charge on any atom is 0.412 e. The Hall–Kier alpha value is -1.40. The zero-order valence-electron chi connectivity index (χ0n) is 16.2. The molecule has 0 bridgehead atoms. The molecule has 0 spiro atoms. The van der Waals surface area contributed by atoms with Gasteiger partial charge in [0, 0.05) is 17.8 Å². The summed E-state index contributed by atoms with van der Waals surface area (Å²) in [6, 6.07) is 8.55. The van der Waals surface area contributed by atoms with Gasteiger partial charge in [-0.15, -0.1) is 0 Å². The van der Waals surface area contributed by atoms with Crippen molar-refractivity contribution in [3.8, 4) is 0 Å². The Kier molecular flexibility index (Phi) is 7.15. The highest BCUT2D eigenvalue weighted by Gasteiger charge is 2.35. The highest BCUT2D eigenvalue weighted by Crippen LogP contribution is 2.39. The molecule has 28 heavy (non-hydrogen) atoms. The van der Waals surface area contributed by atoms with Gasteiger partial charge in [0.1, 0.15) is 5.83 Å². The SMILES string of the molecule is CCCc1ccc(C2COC(C3CCC(/C(F)=C/C(F)(F)F)CC3)OC2)cc1. The van der Waals surface area contributed by atoms with Gasteiger partial charge in [-0.2, -0.15) is 13.2 Å². The molecular weight excluding hydrogens is 372 g/mol. The summed E-state index contributed by atoms with van der Waals surface area (Å²) in [6.07, 6.45) is -0.927. The van der Waals surface area contributed by atoms with Crippen LogP contribution in [0.4, 0.5) is 17.6 Å². The molecule has 0 radical (unpaired) electrons. The van der Waals surface area contributed by atoms with E-state index in [0.29, 0.717) is 38.9 Å². The van der Waals surface area contributed by atoms with Crippen LogP contribution in [0.25, 0.3) is 0 Å². The van der Waals surface area contributed by atoms with E-state index in [9.17, 15) is 17.6 Å². The van der Waals surface area contributed by atoms with Crippen molar-refractivity contribution in [3.05, 3.63) is 47.3 Å². The first kappa shape index (κ1) is 21.3. The molecule has 2 nitrogen and oxygen atoms in total. The predicted octanol–water partition coefficient (Wildman–Crippen LogP) is 6.32. The van der Waals surface area contributed by atoms with Gasteiger partial charge in [0.2, 0.25) is 0 Å². The Labute approximate surface area is 163 Å². The van der Waals surface area contributed by atoms with Crippen LogP contribution in [0.1, 0.15) is 56.1 Å². The molecule has 1 saturated carbocycles. The van der Waals surface area contributed by atoms with E-state index >= 15 is 0 Å². The Morgan fingerprint density at radius 1 is 1.04 bits per heavy atom. The number of alkyl halides is 3. The number of hydrogen-bond acceptors (Lipinski definition) is 2. The van der Waals surface area contributed by atoms with Crippen LogP contribution in [0.5, 0.6) is 0 Å². The molecule has 1 heterocycles. The summed E-state index contributed by atoms with van der Waals surface area (Å²) in [6.45, 7) is 3.30. The average molecular weight is 400 g/mol. The van der Waals surface area contributed by atoms with Crippen LogP contribution < -0.4 is 0 Å². The normalized spacial score (nSPS) is 29.7. The molecular formula is C22H28F4O2.